The van der Waals surface area contributed by atoms with E-state index in [1.165, 1.54) is 41.0 Å². The number of guanidine groups is 1. The lowest BCUT2D eigenvalue weighted by Gasteiger charge is -2.18. The fourth-order valence-corrected chi connectivity index (χ4v) is 5.39. The third-order valence-electron chi connectivity index (χ3n) is 4.66. The topological polar surface area (TPSA) is 91.6 Å². The number of nitrogens with zero attached hydrogens (tertiary/aromatic N) is 4. The molecule has 2 rings (SSSR count). The number of thiophene rings is 1. The molecule has 0 amide bonds. The Balaban J connectivity index is 2.07. The molecule has 0 aliphatic heterocycles. The molecule has 2 heterocycles. The molecule has 0 aromatic carbocycles. The van der Waals surface area contributed by atoms with Crippen LogP contribution in [0.25, 0.3) is 0 Å². The van der Waals surface area contributed by atoms with Crippen molar-refractivity contribution in [1.29, 1.82) is 0 Å². The average Bonchev–Trinajstić information content (AvgIpc) is 3.21. The van der Waals surface area contributed by atoms with Crippen LogP contribution in [0.1, 0.15) is 35.7 Å². The lowest BCUT2D eigenvalue weighted by atomic mass is 10.1. The standard InChI is InChI=1S/C19H32N6O2S2/c1-8-20-19(22-13(2)11-17-14(3)23-25(7)15(17)4)21-12-16-9-10-18(28-16)29(26,27)24(5)6/h9-10,13H,8,11-12H2,1-7H3,(H2,20,21,22). The highest BCUT2D eigenvalue weighted by atomic mass is 32.2. The second-order valence-electron chi connectivity index (χ2n) is 7.23. The molecular formula is C19H32N6O2S2. The molecule has 1 unspecified atom stereocenters. The number of rotatable bonds is 8. The van der Waals surface area contributed by atoms with Gasteiger partial charge in [0.05, 0.1) is 12.2 Å². The van der Waals surface area contributed by atoms with Crippen LogP contribution in [0, 0.1) is 13.8 Å². The molecule has 162 valence electrons. The van der Waals surface area contributed by atoms with Gasteiger partial charge in [0.25, 0.3) is 10.0 Å². The maximum atomic E-state index is 12.2. The molecule has 29 heavy (non-hydrogen) atoms. The fourth-order valence-electron chi connectivity index (χ4n) is 2.94. The molecular weight excluding hydrogens is 408 g/mol. The average molecular weight is 441 g/mol. The summed E-state index contributed by atoms with van der Waals surface area (Å²) in [6.45, 7) is 9.41. The zero-order valence-electron chi connectivity index (χ0n) is 18.3. The number of hydrogen-bond acceptors (Lipinski definition) is 5. The number of hydrogen-bond donors (Lipinski definition) is 2. The van der Waals surface area contributed by atoms with Crippen molar-refractivity contribution in [2.45, 2.75) is 50.9 Å². The molecule has 1 atom stereocenters. The summed E-state index contributed by atoms with van der Waals surface area (Å²) in [5, 5.41) is 11.2. The Hall–Kier alpha value is -1.91. The van der Waals surface area contributed by atoms with Gasteiger partial charge in [-0.2, -0.15) is 5.10 Å². The Bertz CT molecular complexity index is 960. The van der Waals surface area contributed by atoms with Crippen LogP contribution in [0.4, 0.5) is 0 Å². The van der Waals surface area contributed by atoms with Gasteiger partial charge in [-0.1, -0.05) is 0 Å². The molecule has 2 aromatic heterocycles. The first-order valence-corrected chi connectivity index (χ1v) is 11.9. The summed E-state index contributed by atoms with van der Waals surface area (Å²) in [5.41, 5.74) is 3.47. The molecule has 2 N–H and O–H groups in total. The van der Waals surface area contributed by atoms with E-state index in [0.717, 1.165) is 23.5 Å². The van der Waals surface area contributed by atoms with Gasteiger partial charge in [-0.25, -0.2) is 17.7 Å². The number of aromatic nitrogens is 2. The second-order valence-corrected chi connectivity index (χ2v) is 10.8. The van der Waals surface area contributed by atoms with Crippen molar-refractivity contribution in [2.75, 3.05) is 20.6 Å². The van der Waals surface area contributed by atoms with Crippen molar-refractivity contribution in [1.82, 2.24) is 24.7 Å². The third kappa shape index (κ3) is 5.80. The predicted molar refractivity (Wildman–Crippen MR) is 119 cm³/mol. The van der Waals surface area contributed by atoms with Crippen molar-refractivity contribution in [3.8, 4) is 0 Å². The second kappa shape index (κ2) is 9.73. The monoisotopic (exact) mass is 440 g/mol. The Morgan fingerprint density at radius 3 is 2.59 bits per heavy atom. The van der Waals surface area contributed by atoms with Crippen molar-refractivity contribution < 1.29 is 8.42 Å². The van der Waals surface area contributed by atoms with Gasteiger partial charge in [0.1, 0.15) is 4.21 Å². The van der Waals surface area contributed by atoms with E-state index < -0.39 is 10.0 Å². The maximum Gasteiger partial charge on any atom is 0.252 e. The van der Waals surface area contributed by atoms with Crippen LogP contribution in [0.15, 0.2) is 21.3 Å². The minimum atomic E-state index is -3.40. The van der Waals surface area contributed by atoms with Crippen LogP contribution in [-0.2, 0) is 30.0 Å². The zero-order valence-corrected chi connectivity index (χ0v) is 19.9. The van der Waals surface area contributed by atoms with Gasteiger partial charge in [0.2, 0.25) is 0 Å². The van der Waals surface area contributed by atoms with E-state index in [2.05, 4.69) is 34.6 Å². The molecule has 0 fully saturated rings. The van der Waals surface area contributed by atoms with Gasteiger partial charge >= 0.3 is 0 Å². The zero-order chi connectivity index (χ0) is 21.8. The number of aryl methyl sites for hydroxylation is 2. The lowest BCUT2D eigenvalue weighted by Crippen LogP contribution is -2.43. The molecule has 10 heteroatoms. The first-order chi connectivity index (χ1) is 13.6. The summed E-state index contributed by atoms with van der Waals surface area (Å²) in [4.78, 5) is 5.53. The summed E-state index contributed by atoms with van der Waals surface area (Å²) < 4.78 is 27.9. The van der Waals surface area contributed by atoms with E-state index in [9.17, 15) is 8.42 Å². The van der Waals surface area contributed by atoms with Gasteiger partial charge in [-0.15, -0.1) is 11.3 Å². The first kappa shape index (κ1) is 23.4. The van der Waals surface area contributed by atoms with Gasteiger partial charge in [-0.05, 0) is 51.8 Å². The first-order valence-electron chi connectivity index (χ1n) is 9.61. The smallest absolute Gasteiger partial charge is 0.252 e. The van der Waals surface area contributed by atoms with Gasteiger partial charge in [0, 0.05) is 44.3 Å². The molecule has 0 saturated heterocycles. The molecule has 0 radical (unpaired) electrons. The summed E-state index contributed by atoms with van der Waals surface area (Å²) in [6.07, 6.45) is 0.847. The SMILES string of the molecule is CCNC(=NCc1ccc(S(=O)(=O)N(C)C)s1)NC(C)Cc1c(C)nn(C)c1C. The van der Waals surface area contributed by atoms with Crippen LogP contribution < -0.4 is 10.6 Å². The van der Waals surface area contributed by atoms with Crippen LogP contribution in [0.2, 0.25) is 0 Å². The van der Waals surface area contributed by atoms with Crippen molar-refractivity contribution >= 4 is 27.3 Å². The highest BCUT2D eigenvalue weighted by Crippen LogP contribution is 2.24. The molecule has 0 saturated carbocycles. The summed E-state index contributed by atoms with van der Waals surface area (Å²) >= 11 is 1.25. The Labute approximate surface area is 178 Å². The number of aliphatic imine (C=N–C) groups is 1. The predicted octanol–water partition coefficient (Wildman–Crippen LogP) is 2.04. The Kier molecular flexibility index (Phi) is 7.84. The normalized spacial score (nSPS) is 13.7. The maximum absolute atomic E-state index is 12.2. The summed E-state index contributed by atoms with van der Waals surface area (Å²) in [7, 11) is 1.63. The highest BCUT2D eigenvalue weighted by Gasteiger charge is 2.19. The van der Waals surface area contributed by atoms with Crippen molar-refractivity contribution in [3.05, 3.63) is 34.0 Å². The number of sulfonamides is 1. The van der Waals surface area contributed by atoms with E-state index in [-0.39, 0.29) is 6.04 Å². The van der Waals surface area contributed by atoms with Gasteiger partial charge in [-0.3, -0.25) is 4.68 Å². The minimum Gasteiger partial charge on any atom is -0.357 e. The van der Waals surface area contributed by atoms with Crippen LogP contribution in [0.3, 0.4) is 0 Å². The van der Waals surface area contributed by atoms with Crippen molar-refractivity contribution in [3.63, 3.8) is 0 Å². The third-order valence-corrected chi connectivity index (χ3v) is 8.01. The number of nitrogens with one attached hydrogen (secondary N) is 2. The van der Waals surface area contributed by atoms with Crippen molar-refractivity contribution in [2.24, 2.45) is 12.0 Å². The quantitative estimate of drug-likeness (QED) is 0.484. The molecule has 0 aliphatic rings. The van der Waals surface area contributed by atoms with Gasteiger partial charge in [0.15, 0.2) is 5.96 Å². The highest BCUT2D eigenvalue weighted by molar-refractivity contribution is 7.91. The molecule has 2 aromatic rings. The van der Waals surface area contributed by atoms with Crippen LogP contribution in [-0.4, -0.2) is 55.1 Å². The van der Waals surface area contributed by atoms with Crippen LogP contribution >= 0.6 is 11.3 Å². The van der Waals surface area contributed by atoms with Crippen LogP contribution in [0.5, 0.6) is 0 Å². The van der Waals surface area contributed by atoms with E-state index in [4.69, 9.17) is 0 Å². The summed E-state index contributed by atoms with van der Waals surface area (Å²) in [6, 6.07) is 3.63. The molecule has 0 spiro atoms. The summed E-state index contributed by atoms with van der Waals surface area (Å²) in [5.74, 6) is 0.713. The Morgan fingerprint density at radius 2 is 2.03 bits per heavy atom. The van der Waals surface area contributed by atoms with E-state index in [0.29, 0.717) is 16.7 Å². The molecule has 8 nitrogen and oxygen atoms in total. The van der Waals surface area contributed by atoms with E-state index in [1.54, 1.807) is 6.07 Å². The fraction of sp³-hybridized carbons (Fsp3) is 0.579. The van der Waals surface area contributed by atoms with E-state index in [1.807, 2.05) is 31.6 Å². The van der Waals surface area contributed by atoms with E-state index >= 15 is 0 Å². The van der Waals surface area contributed by atoms with Gasteiger partial charge < -0.3 is 10.6 Å². The minimum absolute atomic E-state index is 0.169. The largest absolute Gasteiger partial charge is 0.357 e. The lowest BCUT2D eigenvalue weighted by molar-refractivity contribution is 0.523. The Morgan fingerprint density at radius 1 is 1.34 bits per heavy atom. The molecule has 0 bridgehead atoms. The molecule has 0 aliphatic carbocycles.